The zero-order chi connectivity index (χ0) is 14.4. The second kappa shape index (κ2) is 4.22. The number of carbonyl (C=O) groups is 1. The molecule has 0 saturated heterocycles. The van der Waals surface area contributed by atoms with E-state index in [1.54, 1.807) is 16.8 Å². The van der Waals surface area contributed by atoms with E-state index in [9.17, 15) is 9.59 Å². The summed E-state index contributed by atoms with van der Waals surface area (Å²) < 4.78 is 12.1. The first kappa shape index (κ1) is 12.5. The van der Waals surface area contributed by atoms with E-state index in [0.717, 1.165) is 0 Å². The molecule has 0 bridgehead atoms. The van der Waals surface area contributed by atoms with Gasteiger partial charge in [0.15, 0.2) is 17.2 Å². The average Bonchev–Trinajstić information content (AvgIpc) is 2.83. The zero-order valence-electron chi connectivity index (χ0n) is 11.0. The standard InChI is InChI=1S/C13H13N3O4/c1-6(2)16-8-4-10-9(19-5-20-10)3-7(8)12(17)11(15-16)13(14)18/h3-4,6H,5H2,1-2H3,(H2,14,18). The number of aromatic nitrogens is 2. The van der Waals surface area contributed by atoms with Gasteiger partial charge < -0.3 is 15.2 Å². The molecule has 0 saturated carbocycles. The number of hydrogen-bond acceptors (Lipinski definition) is 5. The van der Waals surface area contributed by atoms with Gasteiger partial charge in [0.05, 0.1) is 10.9 Å². The summed E-state index contributed by atoms with van der Waals surface area (Å²) in [6.45, 7) is 3.90. The molecule has 7 heteroatoms. The van der Waals surface area contributed by atoms with E-state index < -0.39 is 11.3 Å². The van der Waals surface area contributed by atoms with Crippen LogP contribution < -0.4 is 20.6 Å². The number of amides is 1. The van der Waals surface area contributed by atoms with Crippen molar-refractivity contribution in [1.29, 1.82) is 0 Å². The second-order valence-corrected chi connectivity index (χ2v) is 4.80. The monoisotopic (exact) mass is 275 g/mol. The molecule has 1 aromatic carbocycles. The Morgan fingerprint density at radius 1 is 1.35 bits per heavy atom. The number of hydrogen-bond donors (Lipinski definition) is 1. The van der Waals surface area contributed by atoms with Crippen molar-refractivity contribution in [2.24, 2.45) is 5.73 Å². The Balaban J connectivity index is 2.44. The lowest BCUT2D eigenvalue weighted by Crippen LogP contribution is -2.28. The van der Waals surface area contributed by atoms with Crippen molar-refractivity contribution in [3.05, 3.63) is 28.0 Å². The van der Waals surface area contributed by atoms with Crippen molar-refractivity contribution in [3.63, 3.8) is 0 Å². The van der Waals surface area contributed by atoms with Crippen LogP contribution in [0.25, 0.3) is 10.9 Å². The van der Waals surface area contributed by atoms with Gasteiger partial charge >= 0.3 is 0 Å². The number of ether oxygens (including phenoxy) is 2. The fourth-order valence-corrected chi connectivity index (χ4v) is 2.19. The molecule has 1 aliphatic heterocycles. The lowest BCUT2D eigenvalue weighted by molar-refractivity contribution is 0.0992. The molecule has 0 unspecified atom stereocenters. The Bertz CT molecular complexity index is 779. The molecule has 0 radical (unpaired) electrons. The lowest BCUT2D eigenvalue weighted by atomic mass is 10.1. The van der Waals surface area contributed by atoms with Crippen LogP contribution in [-0.2, 0) is 0 Å². The first-order valence-corrected chi connectivity index (χ1v) is 6.15. The van der Waals surface area contributed by atoms with Gasteiger partial charge in [0.1, 0.15) is 0 Å². The predicted molar refractivity (Wildman–Crippen MR) is 71.0 cm³/mol. The molecule has 3 rings (SSSR count). The van der Waals surface area contributed by atoms with Crippen LogP contribution in [0.5, 0.6) is 11.5 Å². The average molecular weight is 275 g/mol. The highest BCUT2D eigenvalue weighted by molar-refractivity contribution is 5.94. The normalized spacial score (nSPS) is 13.2. The number of primary amides is 1. The Morgan fingerprint density at radius 3 is 2.60 bits per heavy atom. The topological polar surface area (TPSA) is 96.4 Å². The summed E-state index contributed by atoms with van der Waals surface area (Å²) in [4.78, 5) is 23.6. The summed E-state index contributed by atoms with van der Waals surface area (Å²) in [5.74, 6) is 0.190. The van der Waals surface area contributed by atoms with E-state index in [-0.39, 0.29) is 18.5 Å². The van der Waals surface area contributed by atoms with Crippen LogP contribution >= 0.6 is 0 Å². The smallest absolute Gasteiger partial charge is 0.273 e. The zero-order valence-corrected chi connectivity index (χ0v) is 11.0. The van der Waals surface area contributed by atoms with Crippen molar-refractivity contribution in [2.75, 3.05) is 6.79 Å². The van der Waals surface area contributed by atoms with Gasteiger partial charge in [0.25, 0.3) is 5.91 Å². The highest BCUT2D eigenvalue weighted by atomic mass is 16.7. The van der Waals surface area contributed by atoms with Gasteiger partial charge in [-0.15, -0.1) is 0 Å². The molecule has 0 fully saturated rings. The molecule has 7 nitrogen and oxygen atoms in total. The molecule has 1 amide bonds. The van der Waals surface area contributed by atoms with Crippen LogP contribution in [0, 0.1) is 0 Å². The largest absolute Gasteiger partial charge is 0.454 e. The molecule has 2 N–H and O–H groups in total. The third kappa shape index (κ3) is 1.70. The summed E-state index contributed by atoms with van der Waals surface area (Å²) in [5.41, 5.74) is 5.03. The summed E-state index contributed by atoms with van der Waals surface area (Å²) in [5, 5.41) is 4.40. The summed E-state index contributed by atoms with van der Waals surface area (Å²) in [6.07, 6.45) is 0. The van der Waals surface area contributed by atoms with Crippen molar-refractivity contribution in [1.82, 2.24) is 9.78 Å². The summed E-state index contributed by atoms with van der Waals surface area (Å²) >= 11 is 0. The van der Waals surface area contributed by atoms with Crippen molar-refractivity contribution in [3.8, 4) is 11.5 Å². The second-order valence-electron chi connectivity index (χ2n) is 4.80. The molecule has 0 atom stereocenters. The highest BCUT2D eigenvalue weighted by Gasteiger charge is 2.21. The van der Waals surface area contributed by atoms with Crippen molar-refractivity contribution >= 4 is 16.8 Å². The molecule has 2 heterocycles. The molecular weight excluding hydrogens is 262 g/mol. The van der Waals surface area contributed by atoms with E-state index in [4.69, 9.17) is 15.2 Å². The molecule has 0 spiro atoms. The minimum atomic E-state index is -0.844. The minimum absolute atomic E-state index is 0.0448. The van der Waals surface area contributed by atoms with E-state index in [2.05, 4.69) is 5.10 Å². The number of rotatable bonds is 2. The lowest BCUT2D eigenvalue weighted by Gasteiger charge is -2.14. The maximum Gasteiger partial charge on any atom is 0.273 e. The molecule has 2 aromatic rings. The number of carbonyl (C=O) groups excluding carboxylic acids is 1. The van der Waals surface area contributed by atoms with E-state index >= 15 is 0 Å². The molecule has 1 aliphatic rings. The quantitative estimate of drug-likeness (QED) is 0.874. The van der Waals surface area contributed by atoms with Crippen LogP contribution in [-0.4, -0.2) is 22.5 Å². The van der Waals surface area contributed by atoms with Gasteiger partial charge in [0.2, 0.25) is 12.2 Å². The number of nitrogens with two attached hydrogens (primary N) is 1. The minimum Gasteiger partial charge on any atom is -0.454 e. The number of fused-ring (bicyclic) bond motifs is 2. The third-order valence-electron chi connectivity index (χ3n) is 3.13. The SMILES string of the molecule is CC(C)n1nc(C(N)=O)c(=O)c2cc3c(cc21)OCO3. The Morgan fingerprint density at radius 2 is 2.00 bits per heavy atom. The fourth-order valence-electron chi connectivity index (χ4n) is 2.19. The van der Waals surface area contributed by atoms with Gasteiger partial charge in [-0.3, -0.25) is 14.3 Å². The van der Waals surface area contributed by atoms with Gasteiger partial charge in [0, 0.05) is 12.1 Å². The number of nitrogens with zero attached hydrogens (tertiary/aromatic N) is 2. The van der Waals surface area contributed by atoms with Gasteiger partial charge in [-0.05, 0) is 19.9 Å². The molecule has 20 heavy (non-hydrogen) atoms. The fraction of sp³-hybridized carbons (Fsp3) is 0.308. The first-order chi connectivity index (χ1) is 9.49. The van der Waals surface area contributed by atoms with Crippen LogP contribution in [0.15, 0.2) is 16.9 Å². The highest BCUT2D eigenvalue weighted by Crippen LogP contribution is 2.35. The van der Waals surface area contributed by atoms with Crippen molar-refractivity contribution < 1.29 is 14.3 Å². The molecular formula is C13H13N3O4. The van der Waals surface area contributed by atoms with E-state index in [1.807, 2.05) is 13.8 Å². The Labute approximate surface area is 113 Å². The first-order valence-electron chi connectivity index (χ1n) is 6.15. The van der Waals surface area contributed by atoms with Crippen LogP contribution in [0.1, 0.15) is 30.4 Å². The summed E-state index contributed by atoms with van der Waals surface area (Å²) in [6, 6.07) is 3.21. The Hall–Kier alpha value is -2.57. The van der Waals surface area contributed by atoms with E-state index in [0.29, 0.717) is 22.4 Å². The Kier molecular flexibility index (Phi) is 2.63. The van der Waals surface area contributed by atoms with Crippen LogP contribution in [0.2, 0.25) is 0 Å². The van der Waals surface area contributed by atoms with Gasteiger partial charge in [-0.2, -0.15) is 5.10 Å². The molecule has 0 aliphatic carbocycles. The number of benzene rings is 1. The van der Waals surface area contributed by atoms with Gasteiger partial charge in [-0.1, -0.05) is 0 Å². The summed E-state index contributed by atoms with van der Waals surface area (Å²) in [7, 11) is 0. The van der Waals surface area contributed by atoms with Crippen LogP contribution in [0.4, 0.5) is 0 Å². The molecule has 104 valence electrons. The van der Waals surface area contributed by atoms with Crippen LogP contribution in [0.3, 0.4) is 0 Å². The maximum atomic E-state index is 12.3. The third-order valence-corrected chi connectivity index (χ3v) is 3.13. The van der Waals surface area contributed by atoms with E-state index in [1.165, 1.54) is 0 Å². The predicted octanol–water partition coefficient (Wildman–Crippen LogP) is 0.805. The van der Waals surface area contributed by atoms with Gasteiger partial charge in [-0.25, -0.2) is 0 Å². The molecule has 1 aromatic heterocycles. The maximum absolute atomic E-state index is 12.3. The van der Waals surface area contributed by atoms with Crippen molar-refractivity contribution in [2.45, 2.75) is 19.9 Å².